The van der Waals surface area contributed by atoms with E-state index in [-0.39, 0.29) is 0 Å². The topological polar surface area (TPSA) is 6.25 Å². The highest BCUT2D eigenvalue weighted by atomic mass is 15.3. The summed E-state index contributed by atoms with van der Waals surface area (Å²) in [5.74, 6) is 1.84. The van der Waals surface area contributed by atoms with Crippen LogP contribution < -0.4 is 0 Å². The molecule has 1 aliphatic heterocycles. The van der Waals surface area contributed by atoms with Crippen LogP contribution in [-0.2, 0) is 0 Å². The van der Waals surface area contributed by atoms with Crippen LogP contribution in [0.5, 0.6) is 0 Å². The quantitative estimate of drug-likeness (QED) is 0.222. The van der Waals surface area contributed by atoms with Crippen LogP contribution in [0.4, 0.5) is 5.69 Å². The molecule has 2 heteroatoms. The van der Waals surface area contributed by atoms with Crippen molar-refractivity contribution in [3.63, 3.8) is 0 Å². The predicted molar refractivity (Wildman–Crippen MR) is 137 cm³/mol. The van der Waals surface area contributed by atoms with Crippen molar-refractivity contribution in [3.8, 4) is 0 Å². The zero-order valence-electron chi connectivity index (χ0n) is 21.5. The van der Waals surface area contributed by atoms with Gasteiger partial charge in [-0.25, -0.2) is 9.48 Å². The molecule has 0 fully saturated rings. The minimum Gasteiger partial charge on any atom is -0.229 e. The van der Waals surface area contributed by atoms with Gasteiger partial charge in [-0.3, -0.25) is 0 Å². The van der Waals surface area contributed by atoms with E-state index < -0.39 is 0 Å². The van der Waals surface area contributed by atoms with E-state index in [9.17, 15) is 0 Å². The zero-order chi connectivity index (χ0) is 23.5. The van der Waals surface area contributed by atoms with E-state index in [1.807, 2.05) is 0 Å². The smallest absolute Gasteiger partial charge is 0.229 e. The van der Waals surface area contributed by atoms with E-state index in [1.165, 1.54) is 33.7 Å². The Bertz CT molecular complexity index is 838. The lowest BCUT2D eigenvalue weighted by Crippen LogP contribution is -2.33. The molecule has 2 nitrogen and oxygen atoms in total. The van der Waals surface area contributed by atoms with Crippen molar-refractivity contribution < 1.29 is 4.58 Å². The number of nitrogens with zero attached hydrogens (tertiary/aromatic N) is 2. The molecule has 0 aliphatic carbocycles. The molecule has 170 valence electrons. The fourth-order valence-electron chi connectivity index (χ4n) is 4.39. The van der Waals surface area contributed by atoms with Crippen molar-refractivity contribution in [2.24, 2.45) is 11.8 Å². The molecule has 1 aromatic rings. The number of benzene rings is 1. The van der Waals surface area contributed by atoms with Gasteiger partial charge in [0.1, 0.15) is 24.0 Å². The lowest BCUT2D eigenvalue weighted by molar-refractivity contribution is -0.429. The summed E-state index contributed by atoms with van der Waals surface area (Å²) in [6.45, 7) is 30.1. The van der Waals surface area contributed by atoms with Crippen LogP contribution >= 0.6 is 0 Å². The fourth-order valence-corrected chi connectivity index (χ4v) is 4.39. The lowest BCUT2D eigenvalue weighted by atomic mass is 9.92. The van der Waals surface area contributed by atoms with Gasteiger partial charge in [0, 0.05) is 17.5 Å². The summed E-state index contributed by atoms with van der Waals surface area (Å²) in [5.41, 5.74) is 8.19. The Morgan fingerprint density at radius 1 is 1.03 bits per heavy atom. The van der Waals surface area contributed by atoms with Crippen LogP contribution in [0.25, 0.3) is 0 Å². The molecule has 0 bridgehead atoms. The molecule has 1 unspecified atom stereocenters. The predicted octanol–water partition coefficient (Wildman–Crippen LogP) is 8.01. The number of hydrogen-bond donors (Lipinski definition) is 0. The standard InChI is InChI=1S/C29H45N2/c1-12-14-25-17-30(29-26(21(6)7)15-13-16-27(29)22(8)9)18-31(25)28(23(10)19(2)3)24(11)20(4)5/h12-13,15-16,18-22,25H,1,10,14,17H2,2-9,11H3/q+1. The van der Waals surface area contributed by atoms with Crippen LogP contribution in [0.3, 0.4) is 0 Å². The van der Waals surface area contributed by atoms with Crippen LogP contribution in [0.1, 0.15) is 91.7 Å². The number of hydrogen-bond acceptors (Lipinski definition) is 1. The van der Waals surface area contributed by atoms with E-state index in [0.29, 0.717) is 29.7 Å². The van der Waals surface area contributed by atoms with E-state index in [0.717, 1.165) is 13.0 Å². The van der Waals surface area contributed by atoms with Gasteiger partial charge in [-0.05, 0) is 41.7 Å². The van der Waals surface area contributed by atoms with Crippen molar-refractivity contribution in [2.45, 2.75) is 86.6 Å². The largest absolute Gasteiger partial charge is 0.245 e. The Balaban J connectivity index is 2.74. The van der Waals surface area contributed by atoms with E-state index >= 15 is 0 Å². The van der Waals surface area contributed by atoms with Gasteiger partial charge >= 0.3 is 0 Å². The molecule has 0 aromatic heterocycles. The van der Waals surface area contributed by atoms with E-state index in [2.05, 4.69) is 116 Å². The van der Waals surface area contributed by atoms with Gasteiger partial charge in [0.25, 0.3) is 0 Å². The Labute approximate surface area is 192 Å². The third kappa shape index (κ3) is 5.40. The molecule has 0 saturated carbocycles. The summed E-state index contributed by atoms with van der Waals surface area (Å²) >= 11 is 0. The second-order valence-electron chi connectivity index (χ2n) is 10.3. The zero-order valence-corrected chi connectivity index (χ0v) is 21.5. The Kier molecular flexibility index (Phi) is 8.51. The van der Waals surface area contributed by atoms with Gasteiger partial charge in [0.2, 0.25) is 6.34 Å². The maximum atomic E-state index is 4.52. The molecule has 0 radical (unpaired) electrons. The summed E-state index contributed by atoms with van der Waals surface area (Å²) in [6, 6.07) is 7.18. The Morgan fingerprint density at radius 2 is 1.58 bits per heavy atom. The summed E-state index contributed by atoms with van der Waals surface area (Å²) < 4.78 is 2.50. The first-order chi connectivity index (χ1) is 14.5. The molecule has 0 saturated heterocycles. The number of para-hydroxylation sites is 1. The summed E-state index contributed by atoms with van der Waals surface area (Å²) in [6.07, 6.45) is 5.37. The first-order valence-electron chi connectivity index (χ1n) is 12.0. The Morgan fingerprint density at radius 3 is 2.00 bits per heavy atom. The number of rotatable bonds is 9. The number of allylic oxidation sites excluding steroid dienone is 2. The maximum absolute atomic E-state index is 4.52. The van der Waals surface area contributed by atoms with Crippen LogP contribution in [-0.4, -0.2) is 28.4 Å². The van der Waals surface area contributed by atoms with Crippen molar-refractivity contribution in [3.05, 3.63) is 65.4 Å². The normalized spacial score (nSPS) is 17.6. The molecule has 1 atom stereocenters. The second kappa shape index (κ2) is 10.5. The molecule has 1 aliphatic rings. The van der Waals surface area contributed by atoms with Gasteiger partial charge < -0.3 is 0 Å². The molecule has 1 heterocycles. The van der Waals surface area contributed by atoms with Gasteiger partial charge in [-0.1, -0.05) is 86.2 Å². The van der Waals surface area contributed by atoms with E-state index in [1.54, 1.807) is 0 Å². The summed E-state index contributed by atoms with van der Waals surface area (Å²) in [4.78, 5) is 2.50. The van der Waals surface area contributed by atoms with Gasteiger partial charge in [-0.15, -0.1) is 6.58 Å². The van der Waals surface area contributed by atoms with Gasteiger partial charge in [-0.2, -0.15) is 0 Å². The molecular formula is C29H45N2+. The SMILES string of the molecule is C=CCC1C[N+](c2c(C(C)C)cccc2C(C)C)=CN1C(C(=C)C(C)C)=C(C)C(C)C. The van der Waals surface area contributed by atoms with Crippen LogP contribution in [0.15, 0.2) is 54.3 Å². The Hall–Kier alpha value is -2.09. The highest BCUT2D eigenvalue weighted by Gasteiger charge is 2.38. The minimum atomic E-state index is 0.358. The molecule has 0 N–H and O–H groups in total. The monoisotopic (exact) mass is 421 g/mol. The molecule has 0 spiro atoms. The van der Waals surface area contributed by atoms with Crippen molar-refractivity contribution in [1.82, 2.24) is 4.90 Å². The lowest BCUT2D eigenvalue weighted by Gasteiger charge is -2.25. The second-order valence-corrected chi connectivity index (χ2v) is 10.3. The molecule has 1 aromatic carbocycles. The first kappa shape index (κ1) is 25.2. The highest BCUT2D eigenvalue weighted by molar-refractivity contribution is 5.63. The van der Waals surface area contributed by atoms with Crippen molar-refractivity contribution in [2.75, 3.05) is 6.54 Å². The molecular weight excluding hydrogens is 376 g/mol. The molecule has 2 rings (SSSR count). The average Bonchev–Trinajstić information content (AvgIpc) is 3.10. The van der Waals surface area contributed by atoms with Gasteiger partial charge in [0.05, 0.1) is 0 Å². The highest BCUT2D eigenvalue weighted by Crippen LogP contribution is 2.38. The summed E-state index contributed by atoms with van der Waals surface area (Å²) in [5, 5.41) is 0. The van der Waals surface area contributed by atoms with Crippen LogP contribution in [0.2, 0.25) is 0 Å². The minimum absolute atomic E-state index is 0.358. The third-order valence-corrected chi connectivity index (χ3v) is 6.63. The van der Waals surface area contributed by atoms with Gasteiger partial charge in [0.15, 0.2) is 0 Å². The van der Waals surface area contributed by atoms with E-state index in [4.69, 9.17) is 0 Å². The molecule has 0 amide bonds. The average molecular weight is 422 g/mol. The maximum Gasteiger partial charge on any atom is 0.245 e. The molecule has 31 heavy (non-hydrogen) atoms. The third-order valence-electron chi connectivity index (χ3n) is 6.63. The van der Waals surface area contributed by atoms with Crippen molar-refractivity contribution >= 4 is 12.0 Å². The first-order valence-corrected chi connectivity index (χ1v) is 12.0. The summed E-state index contributed by atoms with van der Waals surface area (Å²) in [7, 11) is 0. The fraction of sp³-hybridized carbons (Fsp3) is 0.552. The van der Waals surface area contributed by atoms with Crippen molar-refractivity contribution in [1.29, 1.82) is 0 Å². The van der Waals surface area contributed by atoms with Crippen LogP contribution in [0, 0.1) is 11.8 Å².